The third-order valence-electron chi connectivity index (χ3n) is 3.96. The summed E-state index contributed by atoms with van der Waals surface area (Å²) in [5, 5.41) is 5.10. The molecule has 0 saturated heterocycles. The number of hydrogen-bond donors (Lipinski definition) is 1. The molecule has 0 aliphatic carbocycles. The van der Waals surface area contributed by atoms with E-state index in [0.717, 1.165) is 27.9 Å². The average Bonchev–Trinajstić information content (AvgIpc) is 2.65. The van der Waals surface area contributed by atoms with Crippen molar-refractivity contribution in [1.29, 1.82) is 0 Å². The maximum absolute atomic E-state index is 6.04. The number of benzene rings is 2. The molecule has 0 radical (unpaired) electrons. The van der Waals surface area contributed by atoms with Crippen molar-refractivity contribution in [3.05, 3.63) is 53.2 Å². The van der Waals surface area contributed by atoms with E-state index < -0.39 is 0 Å². The van der Waals surface area contributed by atoms with E-state index >= 15 is 0 Å². The maximum Gasteiger partial charge on any atom is 0.164 e. The Morgan fingerprint density at radius 1 is 0.920 bits per heavy atom. The number of hydrogen-bond acceptors (Lipinski definition) is 5. The van der Waals surface area contributed by atoms with E-state index in [2.05, 4.69) is 10.3 Å². The molecule has 0 fully saturated rings. The summed E-state index contributed by atoms with van der Waals surface area (Å²) in [6, 6.07) is 11.3. The van der Waals surface area contributed by atoms with Crippen LogP contribution in [0.1, 0.15) is 5.56 Å². The van der Waals surface area contributed by atoms with Crippen LogP contribution in [0.4, 0.5) is 5.69 Å². The van der Waals surface area contributed by atoms with E-state index in [9.17, 15) is 0 Å². The van der Waals surface area contributed by atoms with Crippen molar-refractivity contribution in [2.75, 3.05) is 26.6 Å². The van der Waals surface area contributed by atoms with Crippen LogP contribution in [0.25, 0.3) is 10.9 Å². The van der Waals surface area contributed by atoms with Gasteiger partial charge >= 0.3 is 0 Å². The molecule has 25 heavy (non-hydrogen) atoms. The average molecular weight is 359 g/mol. The Kier molecular flexibility index (Phi) is 5.14. The number of nitrogens with one attached hydrogen (secondary N) is 1. The van der Waals surface area contributed by atoms with Gasteiger partial charge in [0.1, 0.15) is 5.75 Å². The summed E-state index contributed by atoms with van der Waals surface area (Å²) >= 11 is 6.04. The molecular weight excluding hydrogens is 340 g/mol. The Hall–Kier alpha value is -2.66. The molecule has 0 saturated carbocycles. The monoisotopic (exact) mass is 358 g/mol. The first-order chi connectivity index (χ1) is 12.2. The van der Waals surface area contributed by atoms with E-state index in [-0.39, 0.29) is 0 Å². The summed E-state index contributed by atoms with van der Waals surface area (Å²) in [5.74, 6) is 2.02. The van der Waals surface area contributed by atoms with Gasteiger partial charge in [0.25, 0.3) is 0 Å². The second-order valence-electron chi connectivity index (χ2n) is 5.39. The number of ether oxygens (including phenoxy) is 3. The maximum atomic E-state index is 6.04. The number of methoxy groups -OCH3 is 3. The highest BCUT2D eigenvalue weighted by Gasteiger charge is 2.12. The molecule has 5 nitrogen and oxygen atoms in total. The van der Waals surface area contributed by atoms with Gasteiger partial charge in [0.2, 0.25) is 0 Å². The molecule has 0 amide bonds. The second-order valence-corrected chi connectivity index (χ2v) is 5.83. The van der Waals surface area contributed by atoms with Crippen LogP contribution in [0.15, 0.2) is 42.6 Å². The highest BCUT2D eigenvalue weighted by Crippen LogP contribution is 2.35. The zero-order valence-electron chi connectivity index (χ0n) is 14.3. The summed E-state index contributed by atoms with van der Waals surface area (Å²) in [7, 11) is 4.85. The van der Waals surface area contributed by atoms with Crippen molar-refractivity contribution in [2.24, 2.45) is 0 Å². The fourth-order valence-corrected chi connectivity index (χ4v) is 2.86. The van der Waals surface area contributed by atoms with Crippen LogP contribution in [0.3, 0.4) is 0 Å². The van der Waals surface area contributed by atoms with Crippen LogP contribution < -0.4 is 19.5 Å². The number of fused-ring (bicyclic) bond motifs is 1. The minimum absolute atomic E-state index is 0.561. The van der Waals surface area contributed by atoms with E-state index in [1.807, 2.05) is 36.4 Å². The van der Waals surface area contributed by atoms with E-state index in [1.165, 1.54) is 0 Å². The van der Waals surface area contributed by atoms with E-state index in [0.29, 0.717) is 23.1 Å². The van der Waals surface area contributed by atoms with Crippen molar-refractivity contribution in [3.8, 4) is 17.2 Å². The van der Waals surface area contributed by atoms with Crippen molar-refractivity contribution < 1.29 is 14.2 Å². The van der Waals surface area contributed by atoms with Crippen LogP contribution in [-0.4, -0.2) is 26.3 Å². The summed E-state index contributed by atoms with van der Waals surface area (Å²) in [6.07, 6.45) is 1.76. The first-order valence-corrected chi connectivity index (χ1v) is 8.11. The lowest BCUT2D eigenvalue weighted by molar-refractivity contribution is 0.347. The minimum atomic E-state index is 0.561. The number of halogens is 1. The highest BCUT2D eigenvalue weighted by atomic mass is 35.5. The Morgan fingerprint density at radius 3 is 2.36 bits per heavy atom. The summed E-state index contributed by atoms with van der Waals surface area (Å²) < 4.78 is 16.2. The van der Waals surface area contributed by atoms with Gasteiger partial charge in [-0.1, -0.05) is 11.6 Å². The second kappa shape index (κ2) is 7.49. The number of pyridine rings is 1. The van der Waals surface area contributed by atoms with Crippen molar-refractivity contribution >= 4 is 28.2 Å². The van der Waals surface area contributed by atoms with Gasteiger partial charge in [0.15, 0.2) is 11.5 Å². The third kappa shape index (κ3) is 3.56. The molecule has 3 aromatic rings. The topological polar surface area (TPSA) is 52.6 Å². The van der Waals surface area contributed by atoms with Crippen molar-refractivity contribution in [3.63, 3.8) is 0 Å². The van der Waals surface area contributed by atoms with E-state index in [4.69, 9.17) is 25.8 Å². The molecule has 0 atom stereocenters. The molecule has 1 aromatic heterocycles. The quantitative estimate of drug-likeness (QED) is 0.701. The van der Waals surface area contributed by atoms with Gasteiger partial charge < -0.3 is 19.5 Å². The molecule has 130 valence electrons. The van der Waals surface area contributed by atoms with Gasteiger partial charge in [0, 0.05) is 40.5 Å². The molecule has 0 spiro atoms. The van der Waals surface area contributed by atoms with Crippen LogP contribution in [0.5, 0.6) is 17.2 Å². The van der Waals surface area contributed by atoms with Crippen molar-refractivity contribution in [2.45, 2.75) is 6.54 Å². The lowest BCUT2D eigenvalue weighted by Gasteiger charge is -2.15. The number of anilines is 1. The largest absolute Gasteiger partial charge is 0.496 e. The molecule has 0 aliphatic rings. The molecule has 0 aliphatic heterocycles. The Morgan fingerprint density at radius 2 is 1.64 bits per heavy atom. The van der Waals surface area contributed by atoms with E-state index in [1.54, 1.807) is 27.5 Å². The van der Waals surface area contributed by atoms with Gasteiger partial charge in [-0.3, -0.25) is 4.98 Å². The molecule has 6 heteroatoms. The molecule has 1 N–H and O–H groups in total. The van der Waals surface area contributed by atoms with Gasteiger partial charge in [-0.2, -0.15) is 0 Å². The van der Waals surface area contributed by atoms with Gasteiger partial charge in [0.05, 0.1) is 26.8 Å². The summed E-state index contributed by atoms with van der Waals surface area (Å²) in [6.45, 7) is 0.561. The predicted molar refractivity (Wildman–Crippen MR) is 100 cm³/mol. The molecular formula is C19H19ClN2O3. The lowest BCUT2D eigenvalue weighted by atomic mass is 10.1. The molecule has 0 bridgehead atoms. The third-order valence-corrected chi connectivity index (χ3v) is 4.20. The van der Waals surface area contributed by atoms with Crippen LogP contribution in [-0.2, 0) is 6.54 Å². The minimum Gasteiger partial charge on any atom is -0.496 e. The lowest BCUT2D eigenvalue weighted by Crippen LogP contribution is -2.04. The van der Waals surface area contributed by atoms with Gasteiger partial charge in [-0.15, -0.1) is 0 Å². The standard InChI is InChI=1S/C19H19ClN2O3/c1-23-17-10-19(25-3)18(24-2)8-12(17)11-22-15-6-7-21-16-9-13(20)4-5-14(15)16/h4-10H,11H2,1-3H3,(H,21,22). The zero-order valence-corrected chi connectivity index (χ0v) is 15.1. The summed E-state index contributed by atoms with van der Waals surface area (Å²) in [4.78, 5) is 4.36. The SMILES string of the molecule is COc1cc(OC)c(OC)cc1CNc1ccnc2cc(Cl)ccc12. The predicted octanol–water partition coefficient (Wildman–Crippen LogP) is 4.53. The molecule has 3 rings (SSSR count). The number of nitrogens with zero attached hydrogens (tertiary/aromatic N) is 1. The first kappa shape index (κ1) is 17.2. The Balaban J connectivity index is 1.91. The first-order valence-electron chi connectivity index (χ1n) is 7.73. The number of aromatic nitrogens is 1. The summed E-state index contributed by atoms with van der Waals surface area (Å²) in [5.41, 5.74) is 2.77. The highest BCUT2D eigenvalue weighted by molar-refractivity contribution is 6.31. The number of rotatable bonds is 6. The zero-order chi connectivity index (χ0) is 17.8. The van der Waals surface area contributed by atoms with Crippen molar-refractivity contribution in [1.82, 2.24) is 4.98 Å². The fourth-order valence-electron chi connectivity index (χ4n) is 2.70. The van der Waals surface area contributed by atoms with Crippen LogP contribution in [0, 0.1) is 0 Å². The Bertz CT molecular complexity index is 899. The normalized spacial score (nSPS) is 10.6. The fraction of sp³-hybridized carbons (Fsp3) is 0.211. The van der Waals surface area contributed by atoms with Crippen LogP contribution in [0.2, 0.25) is 5.02 Å². The molecule has 2 aromatic carbocycles. The molecule has 0 unspecified atom stereocenters. The Labute approximate surface area is 151 Å². The smallest absolute Gasteiger partial charge is 0.164 e. The van der Waals surface area contributed by atoms with Crippen LogP contribution >= 0.6 is 11.6 Å². The van der Waals surface area contributed by atoms with Gasteiger partial charge in [-0.25, -0.2) is 0 Å². The molecule has 1 heterocycles. The van der Waals surface area contributed by atoms with Gasteiger partial charge in [-0.05, 0) is 30.3 Å².